The third-order valence-corrected chi connectivity index (χ3v) is 8.72. The molecule has 0 spiro atoms. The van der Waals surface area contributed by atoms with Crippen LogP contribution in [0, 0.1) is 5.92 Å². The molecule has 39 heavy (non-hydrogen) atoms. The minimum absolute atomic E-state index is 0.0759. The van der Waals surface area contributed by atoms with Crippen molar-refractivity contribution in [1.29, 1.82) is 0 Å². The second-order valence-corrected chi connectivity index (χ2v) is 11.8. The molecule has 2 aliphatic rings. The number of methoxy groups -OCH3 is 1. The maximum Gasteiger partial charge on any atom is 0.280 e. The average molecular weight is 573 g/mol. The summed E-state index contributed by atoms with van der Waals surface area (Å²) < 4.78 is 5.03. The van der Waals surface area contributed by atoms with Crippen LogP contribution in [0.1, 0.15) is 50.1 Å². The first-order chi connectivity index (χ1) is 18.8. The first-order valence-electron chi connectivity index (χ1n) is 13.1. The van der Waals surface area contributed by atoms with Crippen LogP contribution in [0.5, 0.6) is 0 Å². The maximum absolute atomic E-state index is 13.3. The highest BCUT2D eigenvalue weighted by Crippen LogP contribution is 2.28. The maximum atomic E-state index is 13.3. The smallest absolute Gasteiger partial charge is 0.280 e. The lowest BCUT2D eigenvalue weighted by atomic mass is 9.81. The summed E-state index contributed by atoms with van der Waals surface area (Å²) in [6, 6.07) is 6.34. The molecule has 1 saturated carbocycles. The number of nitrogens with zero attached hydrogens (tertiary/aromatic N) is 2. The Bertz CT molecular complexity index is 1370. The molecule has 0 bridgehead atoms. The van der Waals surface area contributed by atoms with Crippen molar-refractivity contribution in [2.24, 2.45) is 5.92 Å². The van der Waals surface area contributed by atoms with Gasteiger partial charge in [-0.25, -0.2) is 4.98 Å². The molecule has 1 aliphatic carbocycles. The van der Waals surface area contributed by atoms with Gasteiger partial charge in [0.1, 0.15) is 5.69 Å². The monoisotopic (exact) mass is 572 g/mol. The van der Waals surface area contributed by atoms with Crippen molar-refractivity contribution < 1.29 is 19.1 Å². The van der Waals surface area contributed by atoms with E-state index in [-0.39, 0.29) is 29.7 Å². The third-order valence-electron chi connectivity index (χ3n) is 7.40. The van der Waals surface area contributed by atoms with Crippen molar-refractivity contribution in [2.45, 2.75) is 44.3 Å². The van der Waals surface area contributed by atoms with Crippen LogP contribution in [0.4, 0.5) is 0 Å². The molecule has 3 amide bonds. The largest absolute Gasteiger partial charge is 0.383 e. The van der Waals surface area contributed by atoms with Gasteiger partial charge >= 0.3 is 0 Å². The summed E-state index contributed by atoms with van der Waals surface area (Å²) in [5.74, 6) is -0.915. The molecule has 2 aromatic heterocycles. The quantitative estimate of drug-likeness (QED) is 0.307. The number of aromatic amines is 1. The molecule has 3 unspecified atom stereocenters. The second kappa shape index (κ2) is 12.0. The van der Waals surface area contributed by atoms with Gasteiger partial charge in [0.15, 0.2) is 5.01 Å². The molecule has 1 fully saturated rings. The Morgan fingerprint density at radius 2 is 2.00 bits per heavy atom. The summed E-state index contributed by atoms with van der Waals surface area (Å²) in [7, 11) is 3.64. The molecular weight excluding hydrogens is 540 g/mol. The van der Waals surface area contributed by atoms with E-state index in [2.05, 4.69) is 37.9 Å². The van der Waals surface area contributed by atoms with E-state index in [9.17, 15) is 14.4 Å². The fraction of sp³-hybridized carbons (Fsp3) is 0.481. The highest BCUT2D eigenvalue weighted by Gasteiger charge is 2.36. The first-order valence-corrected chi connectivity index (χ1v) is 14.3. The van der Waals surface area contributed by atoms with Gasteiger partial charge in [0, 0.05) is 65.9 Å². The molecule has 1 aliphatic heterocycles. The van der Waals surface area contributed by atoms with Gasteiger partial charge in [-0.1, -0.05) is 11.6 Å². The minimum Gasteiger partial charge on any atom is -0.383 e. The van der Waals surface area contributed by atoms with Crippen molar-refractivity contribution in [3.05, 3.63) is 50.6 Å². The van der Waals surface area contributed by atoms with Crippen molar-refractivity contribution >= 4 is 51.6 Å². The summed E-state index contributed by atoms with van der Waals surface area (Å²) in [5.41, 5.74) is 2.18. The number of likely N-dealkylation sites (N-methyl/N-ethyl adjacent to an activating group) is 1. The summed E-state index contributed by atoms with van der Waals surface area (Å²) in [6.07, 6.45) is 2.38. The number of hydrogen-bond donors (Lipinski definition) is 4. The number of thiazole rings is 1. The molecule has 0 saturated heterocycles. The Morgan fingerprint density at radius 1 is 1.18 bits per heavy atom. The first kappa shape index (κ1) is 27.6. The van der Waals surface area contributed by atoms with Crippen LogP contribution in [0.3, 0.4) is 0 Å². The molecule has 3 atom stereocenters. The van der Waals surface area contributed by atoms with Crippen molar-refractivity contribution in [1.82, 2.24) is 30.8 Å². The summed E-state index contributed by atoms with van der Waals surface area (Å²) >= 11 is 7.53. The lowest BCUT2D eigenvalue weighted by Crippen LogP contribution is -2.56. The SMILES string of the molecule is COCCNC(=O)C1CCC(NC(=O)c2nc3c(s2)CN(C)CC3)C(NC(=O)c2cc3cc(Cl)ccc3[nH]2)C1. The van der Waals surface area contributed by atoms with Crippen LogP contribution >= 0.6 is 22.9 Å². The third kappa shape index (κ3) is 6.43. The number of aromatic nitrogens is 2. The summed E-state index contributed by atoms with van der Waals surface area (Å²) in [6.45, 7) is 2.56. The number of H-pyrrole nitrogens is 1. The number of amides is 3. The van der Waals surface area contributed by atoms with Crippen LogP contribution in [0.15, 0.2) is 24.3 Å². The number of nitrogens with one attached hydrogen (secondary N) is 4. The van der Waals surface area contributed by atoms with E-state index in [1.807, 2.05) is 6.07 Å². The van der Waals surface area contributed by atoms with Gasteiger partial charge in [-0.2, -0.15) is 0 Å². The Hall–Kier alpha value is -2.99. The highest BCUT2D eigenvalue weighted by atomic mass is 35.5. The number of fused-ring (bicyclic) bond motifs is 2. The average Bonchev–Trinajstić information content (AvgIpc) is 3.53. The number of hydrogen-bond acceptors (Lipinski definition) is 7. The number of halogens is 1. The fourth-order valence-corrected chi connectivity index (χ4v) is 6.56. The molecule has 3 aromatic rings. The van der Waals surface area contributed by atoms with E-state index in [0.29, 0.717) is 48.1 Å². The topological polar surface area (TPSA) is 128 Å². The predicted octanol–water partition coefficient (Wildman–Crippen LogP) is 2.73. The summed E-state index contributed by atoms with van der Waals surface area (Å²) in [5, 5.41) is 10.9. The zero-order chi connectivity index (χ0) is 27.5. The van der Waals surface area contributed by atoms with Gasteiger partial charge in [-0.3, -0.25) is 14.4 Å². The van der Waals surface area contributed by atoms with Gasteiger partial charge in [0.25, 0.3) is 11.8 Å². The zero-order valence-electron chi connectivity index (χ0n) is 22.0. The predicted molar refractivity (Wildman–Crippen MR) is 150 cm³/mol. The zero-order valence-corrected chi connectivity index (χ0v) is 23.6. The minimum atomic E-state index is -0.441. The van der Waals surface area contributed by atoms with E-state index in [4.69, 9.17) is 16.3 Å². The highest BCUT2D eigenvalue weighted by molar-refractivity contribution is 7.13. The Kier molecular flexibility index (Phi) is 8.51. The molecule has 10 nitrogen and oxygen atoms in total. The molecule has 3 heterocycles. The number of carbonyl (C=O) groups excluding carboxylic acids is 3. The van der Waals surface area contributed by atoms with Crippen LogP contribution in [0.2, 0.25) is 5.02 Å². The molecule has 0 radical (unpaired) electrons. The molecular formula is C27H33ClN6O4S. The van der Waals surface area contributed by atoms with Crippen LogP contribution < -0.4 is 16.0 Å². The molecule has 208 valence electrons. The van der Waals surface area contributed by atoms with Gasteiger partial charge in [-0.15, -0.1) is 11.3 Å². The van der Waals surface area contributed by atoms with Crippen molar-refractivity contribution in [3.8, 4) is 0 Å². The second-order valence-electron chi connectivity index (χ2n) is 10.2. The van der Waals surface area contributed by atoms with E-state index in [0.717, 1.165) is 41.0 Å². The lowest BCUT2D eigenvalue weighted by Gasteiger charge is -2.36. The number of ether oxygens (including phenoxy) is 1. The Morgan fingerprint density at radius 3 is 2.82 bits per heavy atom. The molecule has 12 heteroatoms. The Balaban J connectivity index is 1.31. The van der Waals surface area contributed by atoms with Crippen molar-refractivity contribution in [3.63, 3.8) is 0 Å². The van der Waals surface area contributed by atoms with E-state index in [1.165, 1.54) is 11.3 Å². The number of benzene rings is 1. The van der Waals surface area contributed by atoms with E-state index < -0.39 is 6.04 Å². The Labute approximate surface area is 235 Å². The van der Waals surface area contributed by atoms with Crippen LogP contribution in [-0.2, 0) is 22.5 Å². The molecule has 5 rings (SSSR count). The van der Waals surface area contributed by atoms with Gasteiger partial charge in [0.2, 0.25) is 5.91 Å². The van der Waals surface area contributed by atoms with Crippen LogP contribution in [-0.4, -0.2) is 78.5 Å². The van der Waals surface area contributed by atoms with Gasteiger partial charge in [0.05, 0.1) is 18.3 Å². The van der Waals surface area contributed by atoms with Gasteiger partial charge in [-0.05, 0) is 50.6 Å². The normalized spacial score (nSPS) is 21.4. The van der Waals surface area contributed by atoms with Crippen molar-refractivity contribution in [2.75, 3.05) is 33.9 Å². The summed E-state index contributed by atoms with van der Waals surface area (Å²) in [4.78, 5) is 50.4. The van der Waals surface area contributed by atoms with Crippen LogP contribution in [0.25, 0.3) is 10.9 Å². The molecule has 4 N–H and O–H groups in total. The lowest BCUT2D eigenvalue weighted by molar-refractivity contribution is -0.126. The fourth-order valence-electron chi connectivity index (χ4n) is 5.28. The number of rotatable bonds is 8. The van der Waals surface area contributed by atoms with E-state index in [1.54, 1.807) is 25.3 Å². The molecule has 1 aromatic carbocycles. The standard InChI is InChI=1S/C27H33ClN6O4S/c1-34-9-7-20-23(14-34)39-27(33-20)26(37)31-19-5-3-15(24(35)29-8-10-38-2)12-21(19)32-25(36)22-13-16-11-17(28)4-6-18(16)30-22/h4,6,11,13,15,19,21,30H,3,5,7-10,12,14H2,1-2H3,(H,29,35)(H,31,37)(H,32,36). The van der Waals surface area contributed by atoms with Gasteiger partial charge < -0.3 is 30.6 Å². The van der Waals surface area contributed by atoms with E-state index >= 15 is 0 Å². The number of carbonyl (C=O) groups is 3.